The predicted octanol–water partition coefficient (Wildman–Crippen LogP) is 1.99. The number of nitrogens with zero attached hydrogens (tertiary/aromatic N) is 3. The van der Waals surface area contributed by atoms with Crippen molar-refractivity contribution < 1.29 is 8.42 Å². The minimum atomic E-state index is -3.56. The van der Waals surface area contributed by atoms with Gasteiger partial charge in [0.25, 0.3) is 10.0 Å². The Morgan fingerprint density at radius 2 is 2.05 bits per heavy atom. The fourth-order valence-corrected chi connectivity index (χ4v) is 3.49. The van der Waals surface area contributed by atoms with E-state index in [2.05, 4.69) is 15.3 Å². The van der Waals surface area contributed by atoms with E-state index < -0.39 is 10.0 Å². The molecule has 2 aromatic rings. The lowest BCUT2D eigenvalue weighted by Crippen LogP contribution is -2.31. The van der Waals surface area contributed by atoms with E-state index in [9.17, 15) is 8.42 Å². The van der Waals surface area contributed by atoms with Crippen LogP contribution < -0.4 is 5.32 Å². The van der Waals surface area contributed by atoms with Gasteiger partial charge in [-0.25, -0.2) is 18.4 Å². The van der Waals surface area contributed by atoms with Crippen LogP contribution in [0.3, 0.4) is 0 Å². The van der Waals surface area contributed by atoms with E-state index in [-0.39, 0.29) is 11.4 Å². The number of aromatic nitrogens is 1. The zero-order chi connectivity index (χ0) is 14.9. The van der Waals surface area contributed by atoms with Crippen LogP contribution in [0.2, 0.25) is 0 Å². The Balaban J connectivity index is 1.94. The molecule has 0 spiro atoms. The lowest BCUT2D eigenvalue weighted by atomic mass is 10.2. The normalized spacial score (nSPS) is 15.6. The highest BCUT2D eigenvalue weighted by molar-refractivity contribution is 7.89. The minimum absolute atomic E-state index is 0.220. The fraction of sp³-hybridized carbons (Fsp3) is 0.143. The van der Waals surface area contributed by atoms with Crippen LogP contribution in [0.4, 0.5) is 11.5 Å². The molecule has 0 saturated heterocycles. The number of benzene rings is 1. The van der Waals surface area contributed by atoms with Gasteiger partial charge in [-0.05, 0) is 29.8 Å². The van der Waals surface area contributed by atoms with Gasteiger partial charge in [-0.2, -0.15) is 0 Å². The van der Waals surface area contributed by atoms with Gasteiger partial charge in [0.05, 0.1) is 12.2 Å². The molecular formula is C14H14N4O2S. The van der Waals surface area contributed by atoms with Crippen LogP contribution in [0.25, 0.3) is 0 Å². The van der Waals surface area contributed by atoms with Gasteiger partial charge in [0, 0.05) is 13.2 Å². The van der Waals surface area contributed by atoms with Crippen molar-refractivity contribution in [2.75, 3.05) is 12.4 Å². The first-order valence-electron chi connectivity index (χ1n) is 6.39. The van der Waals surface area contributed by atoms with Gasteiger partial charge in [0.15, 0.2) is 0 Å². The van der Waals surface area contributed by atoms with Gasteiger partial charge in [0.2, 0.25) is 0 Å². The molecule has 1 aliphatic heterocycles. The van der Waals surface area contributed by atoms with Crippen molar-refractivity contribution >= 4 is 27.9 Å². The number of fused-ring (bicyclic) bond motifs is 1. The van der Waals surface area contributed by atoms with Crippen molar-refractivity contribution in [2.45, 2.75) is 11.4 Å². The van der Waals surface area contributed by atoms with Crippen molar-refractivity contribution in [1.29, 1.82) is 0 Å². The number of hydrogen-bond acceptors (Lipinski definition) is 5. The second-order valence-corrected chi connectivity index (χ2v) is 6.42. The molecule has 1 N–H and O–H groups in total. The molecule has 7 heteroatoms. The van der Waals surface area contributed by atoms with E-state index in [0.717, 1.165) is 5.56 Å². The number of rotatable bonds is 3. The molecule has 0 unspecified atom stereocenters. The Labute approximate surface area is 123 Å². The van der Waals surface area contributed by atoms with E-state index in [4.69, 9.17) is 0 Å². The molecule has 6 nitrogen and oxygen atoms in total. The zero-order valence-electron chi connectivity index (χ0n) is 11.4. The van der Waals surface area contributed by atoms with E-state index in [1.165, 1.54) is 10.6 Å². The van der Waals surface area contributed by atoms with E-state index >= 15 is 0 Å². The van der Waals surface area contributed by atoms with Crippen LogP contribution in [0, 0.1) is 0 Å². The standard InChI is InChI=1S/C14H14N4O2S/c1-15-14-8-11(6-7-16-14)9-18-10-17-12-4-2-3-5-13(12)21(18,19)20/h2-8,10H,9H2,1H3,(H,15,16). The Morgan fingerprint density at radius 1 is 1.24 bits per heavy atom. The highest BCUT2D eigenvalue weighted by Crippen LogP contribution is 2.30. The van der Waals surface area contributed by atoms with Gasteiger partial charge >= 0.3 is 0 Å². The molecule has 0 atom stereocenters. The summed E-state index contributed by atoms with van der Waals surface area (Å²) in [6.45, 7) is 0.220. The molecule has 0 fully saturated rings. The maximum atomic E-state index is 12.6. The third-order valence-corrected chi connectivity index (χ3v) is 4.94. The third-order valence-electron chi connectivity index (χ3n) is 3.20. The fourth-order valence-electron chi connectivity index (χ4n) is 2.11. The maximum Gasteiger partial charge on any atom is 0.267 e. The summed E-state index contributed by atoms with van der Waals surface area (Å²) >= 11 is 0. The summed E-state index contributed by atoms with van der Waals surface area (Å²) in [5, 5.41) is 2.93. The van der Waals surface area contributed by atoms with Crippen molar-refractivity contribution in [3.63, 3.8) is 0 Å². The van der Waals surface area contributed by atoms with Crippen molar-refractivity contribution in [3.8, 4) is 0 Å². The Hall–Kier alpha value is -2.41. The minimum Gasteiger partial charge on any atom is -0.373 e. The van der Waals surface area contributed by atoms with Crippen LogP contribution in [0.1, 0.15) is 5.56 Å². The van der Waals surface area contributed by atoms with Gasteiger partial charge < -0.3 is 5.32 Å². The Kier molecular flexibility index (Phi) is 3.34. The summed E-state index contributed by atoms with van der Waals surface area (Å²) in [5.74, 6) is 0.694. The van der Waals surface area contributed by atoms with E-state index in [1.807, 2.05) is 6.07 Å². The van der Waals surface area contributed by atoms with Gasteiger partial charge in [-0.1, -0.05) is 12.1 Å². The second kappa shape index (κ2) is 5.17. The topological polar surface area (TPSA) is 74.7 Å². The van der Waals surface area contributed by atoms with Crippen LogP contribution in [-0.4, -0.2) is 31.1 Å². The second-order valence-electron chi connectivity index (χ2n) is 4.56. The molecule has 3 rings (SSSR count). The lowest BCUT2D eigenvalue weighted by Gasteiger charge is -2.24. The van der Waals surface area contributed by atoms with Gasteiger partial charge in [-0.15, -0.1) is 0 Å². The van der Waals surface area contributed by atoms with Crippen LogP contribution in [0.15, 0.2) is 52.5 Å². The molecule has 0 aliphatic carbocycles. The van der Waals surface area contributed by atoms with E-state index in [0.29, 0.717) is 11.5 Å². The summed E-state index contributed by atoms with van der Waals surface area (Å²) in [4.78, 5) is 8.54. The predicted molar refractivity (Wildman–Crippen MR) is 81.1 cm³/mol. The number of nitrogens with one attached hydrogen (secondary N) is 1. The number of hydrogen-bond donors (Lipinski definition) is 1. The molecular weight excluding hydrogens is 288 g/mol. The summed E-state index contributed by atoms with van der Waals surface area (Å²) in [7, 11) is -1.79. The molecule has 1 aromatic heterocycles. The first-order valence-corrected chi connectivity index (χ1v) is 7.83. The first kappa shape index (κ1) is 13.6. The lowest BCUT2D eigenvalue weighted by molar-refractivity contribution is 0.521. The molecule has 0 bridgehead atoms. The van der Waals surface area contributed by atoms with Crippen LogP contribution >= 0.6 is 0 Å². The first-order chi connectivity index (χ1) is 10.1. The molecule has 21 heavy (non-hydrogen) atoms. The van der Waals surface area contributed by atoms with Crippen LogP contribution in [0.5, 0.6) is 0 Å². The molecule has 0 saturated carbocycles. The van der Waals surface area contributed by atoms with Crippen LogP contribution in [-0.2, 0) is 16.6 Å². The number of anilines is 1. The largest absolute Gasteiger partial charge is 0.373 e. The van der Waals surface area contributed by atoms with Crippen molar-refractivity contribution in [1.82, 2.24) is 9.29 Å². The molecule has 1 aliphatic rings. The van der Waals surface area contributed by atoms with Gasteiger partial charge in [0.1, 0.15) is 17.1 Å². The zero-order valence-corrected chi connectivity index (χ0v) is 12.2. The molecule has 0 radical (unpaired) electrons. The number of aliphatic imine (C=N–C) groups is 1. The average molecular weight is 302 g/mol. The summed E-state index contributed by atoms with van der Waals surface area (Å²) in [5.41, 5.74) is 1.31. The van der Waals surface area contributed by atoms with E-state index in [1.54, 1.807) is 43.6 Å². The smallest absolute Gasteiger partial charge is 0.267 e. The molecule has 1 aromatic carbocycles. The number of sulfonamides is 1. The SMILES string of the molecule is CNc1cc(CN2C=Nc3ccccc3S2(=O)=O)ccn1. The molecule has 2 heterocycles. The Bertz CT molecular complexity index is 802. The maximum absolute atomic E-state index is 12.6. The van der Waals surface area contributed by atoms with Crippen molar-refractivity contribution in [2.24, 2.45) is 4.99 Å². The molecule has 108 valence electrons. The number of pyridine rings is 1. The highest BCUT2D eigenvalue weighted by Gasteiger charge is 2.28. The average Bonchev–Trinajstić information content (AvgIpc) is 2.51. The van der Waals surface area contributed by atoms with Crippen molar-refractivity contribution in [3.05, 3.63) is 48.2 Å². The quantitative estimate of drug-likeness (QED) is 0.941. The summed E-state index contributed by atoms with van der Waals surface area (Å²) in [6, 6.07) is 10.3. The number of para-hydroxylation sites is 1. The summed E-state index contributed by atoms with van der Waals surface area (Å²) in [6.07, 6.45) is 3.00. The highest BCUT2D eigenvalue weighted by atomic mass is 32.2. The molecule has 0 amide bonds. The van der Waals surface area contributed by atoms with Gasteiger partial charge in [-0.3, -0.25) is 4.31 Å². The Morgan fingerprint density at radius 3 is 2.86 bits per heavy atom. The monoisotopic (exact) mass is 302 g/mol. The third kappa shape index (κ3) is 2.47. The summed E-state index contributed by atoms with van der Waals surface area (Å²) < 4.78 is 26.4.